The lowest BCUT2D eigenvalue weighted by Gasteiger charge is -2.25. The first-order valence-electron chi connectivity index (χ1n) is 6.42. The van der Waals surface area contributed by atoms with E-state index in [-0.39, 0.29) is 18.7 Å². The Morgan fingerprint density at radius 1 is 1.16 bits per heavy atom. The maximum atomic E-state index is 11.4. The van der Waals surface area contributed by atoms with Gasteiger partial charge in [0.25, 0.3) is 0 Å². The quantitative estimate of drug-likeness (QED) is 0.836. The van der Waals surface area contributed by atoms with Crippen molar-refractivity contribution in [3.05, 3.63) is 29.8 Å². The second-order valence-corrected chi connectivity index (χ2v) is 7.28. The predicted octanol–water partition coefficient (Wildman–Crippen LogP) is 1.76. The monoisotopic (exact) mass is 285 g/mol. The first-order valence-corrected chi connectivity index (χ1v) is 8.31. The molecule has 0 saturated heterocycles. The molecule has 4 nitrogen and oxygen atoms in total. The Balaban J connectivity index is 2.81. The third kappa shape index (κ3) is 4.60. The van der Waals surface area contributed by atoms with E-state index < -0.39 is 9.84 Å². The molecule has 2 unspecified atom stereocenters. The molecule has 1 aromatic rings. The molecule has 0 aliphatic rings. The van der Waals surface area contributed by atoms with Crippen LogP contribution in [0.25, 0.3) is 0 Å². The molecule has 19 heavy (non-hydrogen) atoms. The van der Waals surface area contributed by atoms with E-state index in [4.69, 9.17) is 0 Å². The minimum Gasteiger partial charge on any atom is -0.395 e. The number of rotatable bonds is 6. The van der Waals surface area contributed by atoms with Gasteiger partial charge in [0.05, 0.1) is 11.5 Å². The second-order valence-electron chi connectivity index (χ2n) is 5.26. The average Bonchev–Trinajstić information content (AvgIpc) is 2.34. The van der Waals surface area contributed by atoms with E-state index in [1.807, 2.05) is 32.9 Å². The molecular weight excluding hydrogens is 262 g/mol. The van der Waals surface area contributed by atoms with Crippen LogP contribution in [0.15, 0.2) is 29.2 Å². The summed E-state index contributed by atoms with van der Waals surface area (Å²) in [7, 11) is -3.15. The third-order valence-corrected chi connectivity index (χ3v) is 4.40. The first kappa shape index (κ1) is 16.1. The molecule has 0 aromatic heterocycles. The molecular formula is C14H23NO3S. The lowest BCUT2D eigenvalue weighted by atomic mass is 10.0. The summed E-state index contributed by atoms with van der Waals surface area (Å²) in [5.74, 6) is 0.336. The van der Waals surface area contributed by atoms with Crippen LogP contribution in [0.2, 0.25) is 0 Å². The highest BCUT2D eigenvalue weighted by Crippen LogP contribution is 2.17. The molecule has 2 atom stereocenters. The fraction of sp³-hybridized carbons (Fsp3) is 0.571. The first-order chi connectivity index (χ1) is 8.75. The Bertz CT molecular complexity index is 494. The molecule has 2 N–H and O–H groups in total. The van der Waals surface area contributed by atoms with Crippen molar-refractivity contribution in [1.29, 1.82) is 0 Å². The number of nitrogens with one attached hydrogen (secondary N) is 1. The van der Waals surface area contributed by atoms with Crippen molar-refractivity contribution in [2.75, 3.05) is 12.9 Å². The fourth-order valence-corrected chi connectivity index (χ4v) is 2.51. The van der Waals surface area contributed by atoms with Crippen LogP contribution in [0.4, 0.5) is 0 Å². The van der Waals surface area contributed by atoms with E-state index in [0.29, 0.717) is 10.8 Å². The fourth-order valence-electron chi connectivity index (χ4n) is 1.88. The number of sulfone groups is 1. The smallest absolute Gasteiger partial charge is 0.175 e. The molecule has 0 fully saturated rings. The number of hydrogen-bond donors (Lipinski definition) is 2. The molecule has 5 heteroatoms. The summed E-state index contributed by atoms with van der Waals surface area (Å²) < 4.78 is 22.8. The SMILES string of the molecule is CC(NC(CO)C(C)C)c1ccc(S(C)(=O)=O)cc1. The van der Waals surface area contributed by atoms with E-state index in [2.05, 4.69) is 5.32 Å². The Hall–Kier alpha value is -0.910. The van der Waals surface area contributed by atoms with E-state index in [9.17, 15) is 13.5 Å². The van der Waals surface area contributed by atoms with Gasteiger partial charge in [0.1, 0.15) is 0 Å². The minimum absolute atomic E-state index is 0.0320. The lowest BCUT2D eigenvalue weighted by Crippen LogP contribution is -2.38. The predicted molar refractivity (Wildman–Crippen MR) is 76.8 cm³/mol. The van der Waals surface area contributed by atoms with Gasteiger partial charge in [-0.1, -0.05) is 26.0 Å². The summed E-state index contributed by atoms with van der Waals surface area (Å²) in [6.07, 6.45) is 1.20. The molecule has 0 radical (unpaired) electrons. The summed E-state index contributed by atoms with van der Waals surface area (Å²) in [5.41, 5.74) is 1.01. The van der Waals surface area contributed by atoms with Crippen molar-refractivity contribution in [3.8, 4) is 0 Å². The van der Waals surface area contributed by atoms with Crippen molar-refractivity contribution in [2.45, 2.75) is 37.8 Å². The van der Waals surface area contributed by atoms with Crippen molar-refractivity contribution >= 4 is 9.84 Å². The van der Waals surface area contributed by atoms with Gasteiger partial charge < -0.3 is 10.4 Å². The van der Waals surface area contributed by atoms with E-state index in [0.717, 1.165) is 5.56 Å². The van der Waals surface area contributed by atoms with Crippen molar-refractivity contribution < 1.29 is 13.5 Å². The molecule has 0 aliphatic carbocycles. The highest BCUT2D eigenvalue weighted by atomic mass is 32.2. The van der Waals surface area contributed by atoms with Gasteiger partial charge in [0, 0.05) is 18.3 Å². The van der Waals surface area contributed by atoms with Crippen LogP contribution in [-0.2, 0) is 9.84 Å². The van der Waals surface area contributed by atoms with Gasteiger partial charge in [0.2, 0.25) is 0 Å². The Labute approximate surface area is 115 Å². The molecule has 1 aromatic carbocycles. The van der Waals surface area contributed by atoms with Crippen LogP contribution in [0.3, 0.4) is 0 Å². The summed E-state index contributed by atoms with van der Waals surface area (Å²) in [6.45, 7) is 6.19. The van der Waals surface area contributed by atoms with Crippen LogP contribution in [0.1, 0.15) is 32.4 Å². The zero-order valence-electron chi connectivity index (χ0n) is 11.9. The van der Waals surface area contributed by atoms with Crippen LogP contribution < -0.4 is 5.32 Å². The van der Waals surface area contributed by atoms with Gasteiger partial charge in [-0.3, -0.25) is 0 Å². The van der Waals surface area contributed by atoms with Gasteiger partial charge >= 0.3 is 0 Å². The largest absolute Gasteiger partial charge is 0.395 e. The third-order valence-electron chi connectivity index (χ3n) is 3.27. The zero-order chi connectivity index (χ0) is 14.6. The van der Waals surface area contributed by atoms with Gasteiger partial charge in [-0.15, -0.1) is 0 Å². The summed E-state index contributed by atoms with van der Waals surface area (Å²) >= 11 is 0. The van der Waals surface area contributed by atoms with Gasteiger partial charge in [-0.25, -0.2) is 8.42 Å². The molecule has 0 aliphatic heterocycles. The van der Waals surface area contributed by atoms with Crippen molar-refractivity contribution in [1.82, 2.24) is 5.32 Å². The Morgan fingerprint density at radius 2 is 1.68 bits per heavy atom. The van der Waals surface area contributed by atoms with Gasteiger partial charge in [-0.05, 0) is 30.5 Å². The topological polar surface area (TPSA) is 66.4 Å². The van der Waals surface area contributed by atoms with Gasteiger partial charge in [-0.2, -0.15) is 0 Å². The highest BCUT2D eigenvalue weighted by molar-refractivity contribution is 7.90. The molecule has 0 spiro atoms. The summed E-state index contributed by atoms with van der Waals surface area (Å²) in [4.78, 5) is 0.325. The number of hydrogen-bond acceptors (Lipinski definition) is 4. The molecule has 0 heterocycles. The van der Waals surface area contributed by atoms with Crippen molar-refractivity contribution in [2.24, 2.45) is 5.92 Å². The average molecular weight is 285 g/mol. The minimum atomic E-state index is -3.15. The van der Waals surface area contributed by atoms with Crippen LogP contribution in [0.5, 0.6) is 0 Å². The number of aliphatic hydroxyl groups is 1. The molecule has 0 amide bonds. The van der Waals surface area contributed by atoms with E-state index >= 15 is 0 Å². The molecule has 108 valence electrons. The Kier molecular flexibility index (Phi) is 5.52. The highest BCUT2D eigenvalue weighted by Gasteiger charge is 2.16. The lowest BCUT2D eigenvalue weighted by molar-refractivity contribution is 0.201. The normalized spacial score (nSPS) is 15.5. The number of aliphatic hydroxyl groups excluding tert-OH is 1. The molecule has 0 saturated carbocycles. The maximum absolute atomic E-state index is 11.4. The number of benzene rings is 1. The second kappa shape index (κ2) is 6.50. The van der Waals surface area contributed by atoms with E-state index in [1.165, 1.54) is 6.26 Å². The van der Waals surface area contributed by atoms with Crippen LogP contribution in [-0.4, -0.2) is 32.4 Å². The molecule has 1 rings (SSSR count). The van der Waals surface area contributed by atoms with Crippen molar-refractivity contribution in [3.63, 3.8) is 0 Å². The van der Waals surface area contributed by atoms with Gasteiger partial charge in [0.15, 0.2) is 9.84 Å². The summed E-state index contributed by atoms with van der Waals surface area (Å²) in [6, 6.07) is 6.95. The molecule has 0 bridgehead atoms. The maximum Gasteiger partial charge on any atom is 0.175 e. The standard InChI is InChI=1S/C14H23NO3S/c1-10(2)14(9-16)15-11(3)12-5-7-13(8-6-12)19(4,17)18/h5-8,10-11,14-16H,9H2,1-4H3. The van der Waals surface area contributed by atoms with Crippen LogP contribution >= 0.6 is 0 Å². The van der Waals surface area contributed by atoms with Crippen LogP contribution in [0, 0.1) is 5.92 Å². The zero-order valence-corrected chi connectivity index (χ0v) is 12.7. The Morgan fingerprint density at radius 3 is 2.05 bits per heavy atom. The summed E-state index contributed by atoms with van der Waals surface area (Å²) in [5, 5.41) is 12.6. The van der Waals surface area contributed by atoms with E-state index in [1.54, 1.807) is 12.1 Å².